The van der Waals surface area contributed by atoms with E-state index in [4.69, 9.17) is 4.74 Å². The molecule has 0 spiro atoms. The number of carbonyl (C=O) groups is 2. The zero-order valence-corrected chi connectivity index (χ0v) is 10.6. The van der Waals surface area contributed by atoms with E-state index in [2.05, 4.69) is 10.6 Å². The Labute approximate surface area is 110 Å². The fourth-order valence-corrected chi connectivity index (χ4v) is 2.14. The molecule has 0 atom stereocenters. The van der Waals surface area contributed by atoms with Crippen molar-refractivity contribution in [3.8, 4) is 5.75 Å². The average Bonchev–Trinajstić information content (AvgIpc) is 2.34. The van der Waals surface area contributed by atoms with E-state index in [-0.39, 0.29) is 24.3 Å². The van der Waals surface area contributed by atoms with E-state index in [1.807, 2.05) is 6.07 Å². The van der Waals surface area contributed by atoms with E-state index in [9.17, 15) is 9.59 Å². The second-order valence-corrected chi connectivity index (χ2v) is 4.77. The quantitative estimate of drug-likeness (QED) is 0.798. The van der Waals surface area contributed by atoms with Gasteiger partial charge in [0.05, 0.1) is 11.6 Å². The highest BCUT2D eigenvalue weighted by molar-refractivity contribution is 5.99. The van der Waals surface area contributed by atoms with Gasteiger partial charge in [-0.05, 0) is 18.2 Å². The van der Waals surface area contributed by atoms with Crippen molar-refractivity contribution in [3.05, 3.63) is 18.2 Å². The molecule has 0 saturated carbocycles. The lowest BCUT2D eigenvalue weighted by molar-refractivity contribution is -0.123. The zero-order valence-electron chi connectivity index (χ0n) is 10.6. The zero-order chi connectivity index (χ0) is 13.4. The number of carbonyl (C=O) groups excluding carboxylic acids is 2. The molecule has 1 aromatic carbocycles. The monoisotopic (exact) mass is 261 g/mol. The maximum atomic E-state index is 12.1. The average molecular weight is 261 g/mol. The van der Waals surface area contributed by atoms with E-state index < -0.39 is 0 Å². The first-order valence-corrected chi connectivity index (χ1v) is 6.20. The normalized spacial score (nSPS) is 17.8. The highest BCUT2D eigenvalue weighted by Crippen LogP contribution is 2.32. The minimum atomic E-state index is -0.179. The number of fused-ring (bicyclic) bond motifs is 1. The SMILES string of the molecule is CN(C(=O)C1CNC1)c1ccc2c(c1)NC(=O)CO2. The van der Waals surface area contributed by atoms with Crippen molar-refractivity contribution in [1.29, 1.82) is 0 Å². The highest BCUT2D eigenvalue weighted by Gasteiger charge is 2.28. The summed E-state index contributed by atoms with van der Waals surface area (Å²) in [5, 5.41) is 5.82. The van der Waals surface area contributed by atoms with Crippen LogP contribution in [0.2, 0.25) is 0 Å². The van der Waals surface area contributed by atoms with Gasteiger partial charge in [0.1, 0.15) is 5.75 Å². The number of nitrogens with one attached hydrogen (secondary N) is 2. The second kappa shape index (κ2) is 4.55. The molecule has 0 unspecified atom stereocenters. The van der Waals surface area contributed by atoms with Crippen LogP contribution in [0.15, 0.2) is 18.2 Å². The summed E-state index contributed by atoms with van der Waals surface area (Å²) in [6.45, 7) is 1.50. The van der Waals surface area contributed by atoms with Gasteiger partial charge in [0.25, 0.3) is 5.91 Å². The molecule has 2 aliphatic rings. The molecule has 0 aromatic heterocycles. The number of benzene rings is 1. The molecule has 0 aliphatic carbocycles. The Morgan fingerprint density at radius 2 is 2.21 bits per heavy atom. The van der Waals surface area contributed by atoms with E-state index in [0.29, 0.717) is 11.4 Å². The third-order valence-electron chi connectivity index (χ3n) is 3.44. The Hall–Kier alpha value is -2.08. The maximum Gasteiger partial charge on any atom is 0.262 e. The number of amides is 2. The predicted octanol–water partition coefficient (Wildman–Crippen LogP) is 0.200. The Balaban J connectivity index is 1.82. The standard InChI is InChI=1S/C13H15N3O3/c1-16(13(18)8-5-14-6-8)9-2-3-11-10(4-9)15-12(17)7-19-11/h2-4,8,14H,5-7H2,1H3,(H,15,17). The van der Waals surface area contributed by atoms with E-state index in [1.54, 1.807) is 24.1 Å². The number of hydrogen-bond acceptors (Lipinski definition) is 4. The van der Waals surface area contributed by atoms with E-state index in [1.165, 1.54) is 0 Å². The van der Waals surface area contributed by atoms with Crippen molar-refractivity contribution in [2.45, 2.75) is 0 Å². The number of hydrogen-bond donors (Lipinski definition) is 2. The molecule has 1 saturated heterocycles. The van der Waals surface area contributed by atoms with Gasteiger partial charge in [-0.2, -0.15) is 0 Å². The van der Waals surface area contributed by atoms with Crippen LogP contribution in [0.5, 0.6) is 5.75 Å². The van der Waals surface area contributed by atoms with Crippen LogP contribution in [-0.4, -0.2) is 38.6 Å². The van der Waals surface area contributed by atoms with Gasteiger partial charge in [-0.15, -0.1) is 0 Å². The largest absolute Gasteiger partial charge is 0.482 e. The Kier molecular flexibility index (Phi) is 2.87. The van der Waals surface area contributed by atoms with Crippen molar-refractivity contribution >= 4 is 23.2 Å². The Morgan fingerprint density at radius 3 is 2.89 bits per heavy atom. The summed E-state index contributed by atoms with van der Waals surface area (Å²) >= 11 is 0. The predicted molar refractivity (Wildman–Crippen MR) is 70.3 cm³/mol. The fraction of sp³-hybridized carbons (Fsp3) is 0.385. The van der Waals surface area contributed by atoms with Crippen molar-refractivity contribution in [2.24, 2.45) is 5.92 Å². The molecule has 0 radical (unpaired) electrons. The van der Waals surface area contributed by atoms with Crippen LogP contribution >= 0.6 is 0 Å². The molecule has 6 heteroatoms. The topological polar surface area (TPSA) is 70.7 Å². The van der Waals surface area contributed by atoms with Crippen LogP contribution < -0.4 is 20.3 Å². The second-order valence-electron chi connectivity index (χ2n) is 4.77. The molecule has 2 aliphatic heterocycles. The first-order valence-electron chi connectivity index (χ1n) is 6.20. The summed E-state index contributed by atoms with van der Waals surface area (Å²) in [6.07, 6.45) is 0. The molecule has 0 bridgehead atoms. The molecular weight excluding hydrogens is 246 g/mol. The first kappa shape index (κ1) is 12.0. The Bertz CT molecular complexity index is 540. The van der Waals surface area contributed by atoms with Crippen LogP contribution in [0.25, 0.3) is 0 Å². The summed E-state index contributed by atoms with van der Waals surface area (Å²) in [7, 11) is 1.74. The summed E-state index contributed by atoms with van der Waals surface area (Å²) in [5.74, 6) is 0.588. The van der Waals surface area contributed by atoms with Crippen LogP contribution in [0.1, 0.15) is 0 Å². The van der Waals surface area contributed by atoms with Gasteiger partial charge in [0, 0.05) is 25.8 Å². The Morgan fingerprint density at radius 1 is 1.42 bits per heavy atom. The lowest BCUT2D eigenvalue weighted by atomic mass is 10.0. The molecule has 100 valence electrons. The summed E-state index contributed by atoms with van der Waals surface area (Å²) in [4.78, 5) is 25.0. The minimum absolute atomic E-state index is 0.0366. The number of rotatable bonds is 2. The van der Waals surface area contributed by atoms with Crippen molar-refractivity contribution in [2.75, 3.05) is 37.0 Å². The van der Waals surface area contributed by atoms with Crippen LogP contribution in [-0.2, 0) is 9.59 Å². The summed E-state index contributed by atoms with van der Waals surface area (Å²) in [6, 6.07) is 5.35. The van der Waals surface area contributed by atoms with Crippen molar-refractivity contribution < 1.29 is 14.3 Å². The molecule has 6 nitrogen and oxygen atoms in total. The third kappa shape index (κ3) is 2.15. The van der Waals surface area contributed by atoms with Crippen LogP contribution in [0, 0.1) is 5.92 Å². The third-order valence-corrected chi connectivity index (χ3v) is 3.44. The molecule has 3 rings (SSSR count). The lowest BCUT2D eigenvalue weighted by Gasteiger charge is -2.30. The molecular formula is C13H15N3O3. The molecule has 19 heavy (non-hydrogen) atoms. The van der Waals surface area contributed by atoms with Gasteiger partial charge >= 0.3 is 0 Å². The number of anilines is 2. The summed E-state index contributed by atoms with van der Waals surface area (Å²) < 4.78 is 5.29. The number of ether oxygens (including phenoxy) is 1. The van der Waals surface area contributed by atoms with Crippen LogP contribution in [0.4, 0.5) is 11.4 Å². The van der Waals surface area contributed by atoms with Crippen LogP contribution in [0.3, 0.4) is 0 Å². The summed E-state index contributed by atoms with van der Waals surface area (Å²) in [5.41, 5.74) is 1.36. The molecule has 2 N–H and O–H groups in total. The highest BCUT2D eigenvalue weighted by atomic mass is 16.5. The van der Waals surface area contributed by atoms with Crippen molar-refractivity contribution in [3.63, 3.8) is 0 Å². The molecule has 1 fully saturated rings. The minimum Gasteiger partial charge on any atom is -0.482 e. The smallest absolute Gasteiger partial charge is 0.262 e. The van der Waals surface area contributed by atoms with Crippen molar-refractivity contribution in [1.82, 2.24) is 5.32 Å². The van der Waals surface area contributed by atoms with Gasteiger partial charge in [0.15, 0.2) is 6.61 Å². The first-order chi connectivity index (χ1) is 9.15. The van der Waals surface area contributed by atoms with Gasteiger partial charge < -0.3 is 20.3 Å². The van der Waals surface area contributed by atoms with Gasteiger partial charge in [-0.3, -0.25) is 9.59 Å². The molecule has 2 heterocycles. The van der Waals surface area contributed by atoms with Gasteiger partial charge in [0.2, 0.25) is 5.91 Å². The molecule has 1 aromatic rings. The number of nitrogens with zero attached hydrogens (tertiary/aromatic N) is 1. The lowest BCUT2D eigenvalue weighted by Crippen LogP contribution is -2.51. The van der Waals surface area contributed by atoms with Gasteiger partial charge in [-0.1, -0.05) is 0 Å². The maximum absolute atomic E-state index is 12.1. The van der Waals surface area contributed by atoms with Gasteiger partial charge in [-0.25, -0.2) is 0 Å². The fourth-order valence-electron chi connectivity index (χ4n) is 2.14. The van der Waals surface area contributed by atoms with E-state index >= 15 is 0 Å². The molecule has 2 amide bonds. The van der Waals surface area contributed by atoms with E-state index in [0.717, 1.165) is 18.8 Å².